The van der Waals surface area contributed by atoms with Gasteiger partial charge in [-0.1, -0.05) is 44.0 Å². The first-order valence-corrected chi connectivity index (χ1v) is 8.87. The van der Waals surface area contributed by atoms with E-state index < -0.39 is 0 Å². The molecule has 0 bridgehead atoms. The highest BCUT2D eigenvalue weighted by Crippen LogP contribution is 2.33. The quantitative estimate of drug-likeness (QED) is 0.854. The molecule has 1 aliphatic heterocycles. The smallest absolute Gasteiger partial charge is 0.0455 e. The van der Waals surface area contributed by atoms with Gasteiger partial charge in [0.05, 0.1) is 0 Å². The highest BCUT2D eigenvalue weighted by atomic mass is 15.2. The van der Waals surface area contributed by atoms with E-state index in [4.69, 9.17) is 5.73 Å². The number of nitrogens with zero attached hydrogens (tertiary/aromatic N) is 1. The molecule has 0 radical (unpaired) electrons. The standard InChI is InChI=1S/C19H30N2/c1-2-6-15-11-13-21(14-12-15)18-10-5-8-16-7-3-4-9-17(16)19(18)20/h3-4,7,9,15,18-19H,2,5-6,8,10-14,20H2,1H3. The number of likely N-dealkylation sites (tertiary alicyclic amines) is 1. The van der Waals surface area contributed by atoms with Crippen molar-refractivity contribution in [3.8, 4) is 0 Å². The van der Waals surface area contributed by atoms with Crippen LogP contribution >= 0.6 is 0 Å². The second-order valence-electron chi connectivity index (χ2n) is 6.95. The van der Waals surface area contributed by atoms with Crippen molar-refractivity contribution in [2.45, 2.75) is 64.0 Å². The number of piperidine rings is 1. The Bertz CT molecular complexity index is 449. The molecule has 1 aliphatic carbocycles. The van der Waals surface area contributed by atoms with E-state index in [-0.39, 0.29) is 6.04 Å². The summed E-state index contributed by atoms with van der Waals surface area (Å²) >= 11 is 0. The Labute approximate surface area is 129 Å². The van der Waals surface area contributed by atoms with Gasteiger partial charge in [-0.15, -0.1) is 0 Å². The fraction of sp³-hybridized carbons (Fsp3) is 0.684. The molecule has 2 heteroatoms. The van der Waals surface area contributed by atoms with E-state index in [9.17, 15) is 0 Å². The van der Waals surface area contributed by atoms with Gasteiger partial charge in [0.15, 0.2) is 0 Å². The molecule has 2 unspecified atom stereocenters. The first-order chi connectivity index (χ1) is 10.3. The van der Waals surface area contributed by atoms with Crippen molar-refractivity contribution < 1.29 is 0 Å². The average molecular weight is 286 g/mol. The molecule has 116 valence electrons. The minimum Gasteiger partial charge on any atom is -0.323 e. The zero-order valence-electron chi connectivity index (χ0n) is 13.4. The van der Waals surface area contributed by atoms with E-state index in [2.05, 4.69) is 36.1 Å². The van der Waals surface area contributed by atoms with Gasteiger partial charge in [-0.05, 0) is 62.2 Å². The number of rotatable bonds is 3. The van der Waals surface area contributed by atoms with Crippen molar-refractivity contribution in [3.63, 3.8) is 0 Å². The summed E-state index contributed by atoms with van der Waals surface area (Å²) in [6.45, 7) is 4.82. The lowest BCUT2D eigenvalue weighted by Gasteiger charge is -2.40. The molecule has 3 rings (SSSR count). The Balaban J connectivity index is 1.69. The molecule has 0 spiro atoms. The summed E-state index contributed by atoms with van der Waals surface area (Å²) in [7, 11) is 0. The van der Waals surface area contributed by atoms with Crippen LogP contribution in [0.15, 0.2) is 24.3 Å². The van der Waals surface area contributed by atoms with Crippen LogP contribution in [0.4, 0.5) is 0 Å². The number of benzene rings is 1. The third kappa shape index (κ3) is 3.32. The van der Waals surface area contributed by atoms with Gasteiger partial charge < -0.3 is 5.73 Å². The summed E-state index contributed by atoms with van der Waals surface area (Å²) < 4.78 is 0. The van der Waals surface area contributed by atoms with E-state index >= 15 is 0 Å². The van der Waals surface area contributed by atoms with Crippen molar-refractivity contribution >= 4 is 0 Å². The van der Waals surface area contributed by atoms with Crippen LogP contribution in [0.5, 0.6) is 0 Å². The molecule has 1 saturated heterocycles. The number of aryl methyl sites for hydroxylation is 1. The number of fused-ring (bicyclic) bond motifs is 1. The van der Waals surface area contributed by atoms with Crippen LogP contribution in [-0.2, 0) is 6.42 Å². The van der Waals surface area contributed by atoms with Gasteiger partial charge in [0.2, 0.25) is 0 Å². The SMILES string of the molecule is CCCC1CCN(C2CCCc3ccccc3C2N)CC1. The van der Waals surface area contributed by atoms with Gasteiger partial charge in [0, 0.05) is 12.1 Å². The lowest BCUT2D eigenvalue weighted by atomic mass is 9.89. The van der Waals surface area contributed by atoms with Crippen LogP contribution in [0.2, 0.25) is 0 Å². The van der Waals surface area contributed by atoms with Crippen molar-refractivity contribution in [2.24, 2.45) is 11.7 Å². The molecule has 0 saturated carbocycles. The molecule has 2 nitrogen and oxygen atoms in total. The average Bonchev–Trinajstić information content (AvgIpc) is 2.68. The normalized spacial score (nSPS) is 28.1. The molecule has 1 heterocycles. The van der Waals surface area contributed by atoms with E-state index in [0.29, 0.717) is 6.04 Å². The van der Waals surface area contributed by atoms with Crippen LogP contribution in [0.3, 0.4) is 0 Å². The summed E-state index contributed by atoms with van der Waals surface area (Å²) in [4.78, 5) is 2.69. The van der Waals surface area contributed by atoms with Crippen molar-refractivity contribution in [2.75, 3.05) is 13.1 Å². The summed E-state index contributed by atoms with van der Waals surface area (Å²) in [5.74, 6) is 0.959. The Morgan fingerprint density at radius 2 is 1.90 bits per heavy atom. The monoisotopic (exact) mass is 286 g/mol. The van der Waals surface area contributed by atoms with Gasteiger partial charge >= 0.3 is 0 Å². The van der Waals surface area contributed by atoms with Crippen LogP contribution in [0.25, 0.3) is 0 Å². The second kappa shape index (κ2) is 6.93. The topological polar surface area (TPSA) is 29.3 Å². The predicted octanol–water partition coefficient (Wildman–Crippen LogP) is 3.90. The fourth-order valence-corrected chi connectivity index (χ4v) is 4.37. The summed E-state index contributed by atoms with van der Waals surface area (Å²) in [6, 6.07) is 9.58. The van der Waals surface area contributed by atoms with Gasteiger partial charge in [0.1, 0.15) is 0 Å². The molecular formula is C19H30N2. The molecule has 21 heavy (non-hydrogen) atoms. The van der Waals surface area contributed by atoms with Gasteiger partial charge in [-0.3, -0.25) is 4.90 Å². The van der Waals surface area contributed by atoms with Crippen LogP contribution in [-0.4, -0.2) is 24.0 Å². The van der Waals surface area contributed by atoms with Gasteiger partial charge in [-0.2, -0.15) is 0 Å². The Morgan fingerprint density at radius 1 is 1.14 bits per heavy atom. The summed E-state index contributed by atoms with van der Waals surface area (Å²) in [6.07, 6.45) is 9.23. The minimum atomic E-state index is 0.200. The zero-order valence-corrected chi connectivity index (χ0v) is 13.4. The second-order valence-corrected chi connectivity index (χ2v) is 6.95. The molecule has 1 aromatic rings. The Kier molecular flexibility index (Phi) is 4.97. The molecule has 0 amide bonds. The zero-order chi connectivity index (χ0) is 14.7. The minimum absolute atomic E-state index is 0.200. The number of hydrogen-bond acceptors (Lipinski definition) is 2. The lowest BCUT2D eigenvalue weighted by molar-refractivity contribution is 0.107. The lowest BCUT2D eigenvalue weighted by Crippen LogP contribution is -2.46. The van der Waals surface area contributed by atoms with Crippen molar-refractivity contribution in [1.82, 2.24) is 4.90 Å². The van der Waals surface area contributed by atoms with Crippen molar-refractivity contribution in [3.05, 3.63) is 35.4 Å². The molecular weight excluding hydrogens is 256 g/mol. The predicted molar refractivity (Wildman–Crippen MR) is 89.3 cm³/mol. The fourth-order valence-electron chi connectivity index (χ4n) is 4.37. The van der Waals surface area contributed by atoms with E-state index in [1.165, 1.54) is 69.2 Å². The Morgan fingerprint density at radius 3 is 2.67 bits per heavy atom. The van der Waals surface area contributed by atoms with Gasteiger partial charge in [0.25, 0.3) is 0 Å². The van der Waals surface area contributed by atoms with E-state index in [0.717, 1.165) is 5.92 Å². The maximum absolute atomic E-state index is 6.67. The molecule has 1 fully saturated rings. The first kappa shape index (κ1) is 15.1. The first-order valence-electron chi connectivity index (χ1n) is 8.87. The van der Waals surface area contributed by atoms with Crippen LogP contribution < -0.4 is 5.73 Å². The highest BCUT2D eigenvalue weighted by molar-refractivity contribution is 5.32. The third-order valence-corrected chi connectivity index (χ3v) is 5.59. The summed E-state index contributed by atoms with van der Waals surface area (Å²) in [5, 5.41) is 0. The molecule has 2 aliphatic rings. The molecule has 0 aromatic heterocycles. The van der Waals surface area contributed by atoms with Crippen molar-refractivity contribution in [1.29, 1.82) is 0 Å². The summed E-state index contributed by atoms with van der Waals surface area (Å²) in [5.41, 5.74) is 9.55. The number of hydrogen-bond donors (Lipinski definition) is 1. The number of nitrogens with two attached hydrogens (primary N) is 1. The van der Waals surface area contributed by atoms with Gasteiger partial charge in [-0.25, -0.2) is 0 Å². The third-order valence-electron chi connectivity index (χ3n) is 5.59. The van der Waals surface area contributed by atoms with Crippen LogP contribution in [0, 0.1) is 5.92 Å². The highest BCUT2D eigenvalue weighted by Gasteiger charge is 2.31. The van der Waals surface area contributed by atoms with E-state index in [1.807, 2.05) is 0 Å². The largest absolute Gasteiger partial charge is 0.323 e. The Hall–Kier alpha value is -0.860. The maximum Gasteiger partial charge on any atom is 0.0455 e. The van der Waals surface area contributed by atoms with Crippen LogP contribution in [0.1, 0.15) is 62.6 Å². The molecule has 2 N–H and O–H groups in total. The van der Waals surface area contributed by atoms with E-state index in [1.54, 1.807) is 0 Å². The molecule has 2 atom stereocenters. The molecule has 1 aromatic carbocycles. The maximum atomic E-state index is 6.67.